The zero-order valence-electron chi connectivity index (χ0n) is 14.1. The summed E-state index contributed by atoms with van der Waals surface area (Å²) in [5.74, 6) is 1.61. The molecule has 0 aliphatic heterocycles. The molecule has 1 rings (SSSR count). The number of hydrogen-bond donors (Lipinski definition) is 1. The summed E-state index contributed by atoms with van der Waals surface area (Å²) in [5, 5.41) is 3.75. The summed E-state index contributed by atoms with van der Waals surface area (Å²) in [6.07, 6.45) is 3.38. The van der Waals surface area contributed by atoms with Crippen LogP contribution < -0.4 is 10.1 Å². The molecular weight excluding hydrogens is 298 g/mol. The van der Waals surface area contributed by atoms with Crippen molar-refractivity contribution in [1.29, 1.82) is 0 Å². The number of aryl methyl sites for hydroxylation is 1. The number of nitrogens with one attached hydrogen (secondary N) is 1. The quantitative estimate of drug-likeness (QED) is 0.665. The minimum Gasteiger partial charge on any atom is -0.493 e. The van der Waals surface area contributed by atoms with E-state index in [0.717, 1.165) is 24.2 Å². The highest BCUT2D eigenvalue weighted by Gasteiger charge is 2.08. The van der Waals surface area contributed by atoms with Gasteiger partial charge >= 0.3 is 0 Å². The van der Waals surface area contributed by atoms with Gasteiger partial charge in [-0.15, -0.1) is 0 Å². The molecule has 22 heavy (non-hydrogen) atoms. The highest BCUT2D eigenvalue weighted by atomic mass is 35.5. The number of halogens is 1. The maximum absolute atomic E-state index is 11.8. The average molecular weight is 326 g/mol. The van der Waals surface area contributed by atoms with Crippen molar-refractivity contribution in [2.24, 2.45) is 5.92 Å². The fraction of sp³-hybridized carbons (Fsp3) is 0.611. The lowest BCUT2D eigenvalue weighted by Crippen LogP contribution is -2.32. The second kappa shape index (κ2) is 9.73. The molecule has 3 nitrogen and oxygen atoms in total. The summed E-state index contributed by atoms with van der Waals surface area (Å²) in [6, 6.07) is 5.80. The van der Waals surface area contributed by atoms with Crippen molar-refractivity contribution in [3.05, 3.63) is 28.8 Å². The van der Waals surface area contributed by atoms with E-state index in [-0.39, 0.29) is 11.9 Å². The fourth-order valence-corrected chi connectivity index (χ4v) is 2.42. The summed E-state index contributed by atoms with van der Waals surface area (Å²) >= 11 is 5.90. The van der Waals surface area contributed by atoms with Crippen LogP contribution in [0.2, 0.25) is 5.02 Å². The van der Waals surface area contributed by atoms with Crippen LogP contribution in [0.4, 0.5) is 0 Å². The van der Waals surface area contributed by atoms with Crippen LogP contribution in [0.25, 0.3) is 0 Å². The average Bonchev–Trinajstić information content (AvgIpc) is 2.43. The van der Waals surface area contributed by atoms with E-state index in [9.17, 15) is 4.79 Å². The lowest BCUT2D eigenvalue weighted by atomic mass is 10.0. The van der Waals surface area contributed by atoms with E-state index in [0.29, 0.717) is 30.4 Å². The SMILES string of the molecule is Cc1cc(Cl)ccc1OCCCC(=O)NC(C)CCC(C)C. The first-order chi connectivity index (χ1) is 10.4. The second-order valence-corrected chi connectivity index (χ2v) is 6.74. The van der Waals surface area contributed by atoms with Crippen LogP contribution in [-0.4, -0.2) is 18.6 Å². The number of hydrogen-bond acceptors (Lipinski definition) is 2. The normalized spacial score (nSPS) is 12.3. The zero-order chi connectivity index (χ0) is 16.5. The van der Waals surface area contributed by atoms with E-state index in [1.807, 2.05) is 25.1 Å². The highest BCUT2D eigenvalue weighted by Crippen LogP contribution is 2.21. The lowest BCUT2D eigenvalue weighted by molar-refractivity contribution is -0.121. The second-order valence-electron chi connectivity index (χ2n) is 6.30. The Balaban J connectivity index is 2.19. The Bertz CT molecular complexity index is 474. The van der Waals surface area contributed by atoms with E-state index < -0.39 is 0 Å². The Morgan fingerprint density at radius 1 is 1.27 bits per heavy atom. The summed E-state index contributed by atoms with van der Waals surface area (Å²) in [4.78, 5) is 11.8. The number of ether oxygens (including phenoxy) is 1. The molecule has 1 aromatic rings. The van der Waals surface area contributed by atoms with Crippen LogP contribution in [0.5, 0.6) is 5.75 Å². The minimum absolute atomic E-state index is 0.104. The van der Waals surface area contributed by atoms with Crippen molar-refractivity contribution in [1.82, 2.24) is 5.32 Å². The monoisotopic (exact) mass is 325 g/mol. The Morgan fingerprint density at radius 3 is 2.64 bits per heavy atom. The maximum atomic E-state index is 11.8. The minimum atomic E-state index is 0.104. The molecule has 1 unspecified atom stereocenters. The predicted molar refractivity (Wildman–Crippen MR) is 92.6 cm³/mol. The molecule has 0 bridgehead atoms. The molecule has 1 aromatic carbocycles. The molecule has 0 radical (unpaired) electrons. The molecule has 1 amide bonds. The highest BCUT2D eigenvalue weighted by molar-refractivity contribution is 6.30. The summed E-state index contributed by atoms with van der Waals surface area (Å²) in [6.45, 7) is 8.96. The third kappa shape index (κ3) is 7.69. The molecule has 1 atom stereocenters. The van der Waals surface area contributed by atoms with E-state index in [2.05, 4.69) is 26.1 Å². The molecule has 0 heterocycles. The van der Waals surface area contributed by atoms with Gasteiger partial charge in [-0.1, -0.05) is 25.4 Å². The van der Waals surface area contributed by atoms with Gasteiger partial charge in [0.05, 0.1) is 6.61 Å². The van der Waals surface area contributed by atoms with Gasteiger partial charge in [0.1, 0.15) is 5.75 Å². The van der Waals surface area contributed by atoms with E-state index in [1.54, 1.807) is 0 Å². The zero-order valence-corrected chi connectivity index (χ0v) is 14.9. The fourth-order valence-electron chi connectivity index (χ4n) is 2.19. The number of carbonyl (C=O) groups excluding carboxylic acids is 1. The van der Waals surface area contributed by atoms with Gasteiger partial charge in [-0.3, -0.25) is 4.79 Å². The third-order valence-electron chi connectivity index (χ3n) is 3.53. The number of benzene rings is 1. The van der Waals surface area contributed by atoms with Gasteiger partial charge in [0.15, 0.2) is 0 Å². The van der Waals surface area contributed by atoms with Crippen molar-refractivity contribution in [2.75, 3.05) is 6.61 Å². The molecule has 0 aromatic heterocycles. The van der Waals surface area contributed by atoms with Gasteiger partial charge in [-0.05, 0) is 62.8 Å². The first-order valence-corrected chi connectivity index (χ1v) is 8.44. The van der Waals surface area contributed by atoms with Crippen LogP contribution in [0.15, 0.2) is 18.2 Å². The molecule has 0 spiro atoms. The first kappa shape index (κ1) is 18.8. The smallest absolute Gasteiger partial charge is 0.220 e. The van der Waals surface area contributed by atoms with E-state index >= 15 is 0 Å². The van der Waals surface area contributed by atoms with Crippen molar-refractivity contribution in [2.45, 2.75) is 59.4 Å². The van der Waals surface area contributed by atoms with E-state index in [1.165, 1.54) is 0 Å². The molecule has 0 saturated heterocycles. The van der Waals surface area contributed by atoms with Gasteiger partial charge in [0.25, 0.3) is 0 Å². The molecule has 0 saturated carbocycles. The molecule has 124 valence electrons. The van der Waals surface area contributed by atoms with Crippen LogP contribution in [0.1, 0.15) is 52.0 Å². The summed E-state index contributed by atoms with van der Waals surface area (Å²) in [5.41, 5.74) is 1.01. The standard InChI is InChI=1S/C18H28ClNO2/c1-13(2)7-8-15(4)20-18(21)6-5-11-22-17-10-9-16(19)12-14(17)3/h9-10,12-13,15H,5-8,11H2,1-4H3,(H,20,21). The largest absolute Gasteiger partial charge is 0.493 e. The van der Waals surface area contributed by atoms with Crippen molar-refractivity contribution in [3.8, 4) is 5.75 Å². The predicted octanol–water partition coefficient (Wildman–Crippen LogP) is 4.75. The van der Waals surface area contributed by atoms with Crippen LogP contribution in [-0.2, 0) is 4.79 Å². The summed E-state index contributed by atoms with van der Waals surface area (Å²) < 4.78 is 5.69. The number of rotatable bonds is 9. The molecule has 0 fully saturated rings. The Morgan fingerprint density at radius 2 is 2.00 bits per heavy atom. The van der Waals surface area contributed by atoms with Crippen LogP contribution in [0, 0.1) is 12.8 Å². The topological polar surface area (TPSA) is 38.3 Å². The van der Waals surface area contributed by atoms with Gasteiger partial charge in [0, 0.05) is 17.5 Å². The Hall–Kier alpha value is -1.22. The van der Waals surface area contributed by atoms with Crippen LogP contribution >= 0.6 is 11.6 Å². The van der Waals surface area contributed by atoms with Gasteiger partial charge in [0.2, 0.25) is 5.91 Å². The van der Waals surface area contributed by atoms with Crippen LogP contribution in [0.3, 0.4) is 0 Å². The lowest BCUT2D eigenvalue weighted by Gasteiger charge is -2.15. The molecule has 4 heteroatoms. The van der Waals surface area contributed by atoms with Crippen molar-refractivity contribution in [3.63, 3.8) is 0 Å². The van der Waals surface area contributed by atoms with Crippen molar-refractivity contribution >= 4 is 17.5 Å². The van der Waals surface area contributed by atoms with Gasteiger partial charge in [-0.25, -0.2) is 0 Å². The number of carbonyl (C=O) groups is 1. The molecular formula is C18H28ClNO2. The first-order valence-electron chi connectivity index (χ1n) is 8.06. The summed E-state index contributed by atoms with van der Waals surface area (Å²) in [7, 11) is 0. The third-order valence-corrected chi connectivity index (χ3v) is 3.76. The molecule has 0 aliphatic carbocycles. The van der Waals surface area contributed by atoms with Gasteiger partial charge in [-0.2, -0.15) is 0 Å². The molecule has 0 aliphatic rings. The van der Waals surface area contributed by atoms with E-state index in [4.69, 9.17) is 16.3 Å². The Labute approximate surface area is 139 Å². The number of amides is 1. The van der Waals surface area contributed by atoms with Crippen molar-refractivity contribution < 1.29 is 9.53 Å². The maximum Gasteiger partial charge on any atom is 0.220 e. The Kier molecular flexibility index (Phi) is 8.32. The molecule has 1 N–H and O–H groups in total. The van der Waals surface area contributed by atoms with Gasteiger partial charge < -0.3 is 10.1 Å².